The number of hydrogen-bond donors (Lipinski definition) is 3. The first-order chi connectivity index (χ1) is 11.0. The average molecular weight is 352 g/mol. The van der Waals surface area contributed by atoms with Crippen molar-refractivity contribution < 1.29 is 14.0 Å². The predicted molar refractivity (Wildman–Crippen MR) is 88.5 cm³/mol. The van der Waals surface area contributed by atoms with Gasteiger partial charge in [-0.15, -0.1) is 0 Å². The van der Waals surface area contributed by atoms with Crippen LogP contribution in [0.15, 0.2) is 48.5 Å². The second-order valence-electron chi connectivity index (χ2n) is 4.32. The first-order valence-corrected chi connectivity index (χ1v) is 7.18. The van der Waals surface area contributed by atoms with E-state index in [1.165, 1.54) is 24.3 Å². The number of rotatable bonds is 2. The fourth-order valence-electron chi connectivity index (χ4n) is 1.67. The average Bonchev–Trinajstić information content (AvgIpc) is 2.53. The molecule has 0 radical (unpaired) electrons. The molecule has 0 spiro atoms. The zero-order chi connectivity index (χ0) is 16.8. The summed E-state index contributed by atoms with van der Waals surface area (Å²) in [6.07, 6.45) is 0. The third kappa shape index (κ3) is 4.48. The summed E-state index contributed by atoms with van der Waals surface area (Å²) in [5.41, 5.74) is 4.72. The lowest BCUT2D eigenvalue weighted by atomic mass is 10.2. The third-order valence-electron chi connectivity index (χ3n) is 2.75. The highest BCUT2D eigenvalue weighted by Crippen LogP contribution is 2.14. The van der Waals surface area contributed by atoms with Crippen molar-refractivity contribution in [1.82, 2.24) is 16.2 Å². The lowest BCUT2D eigenvalue weighted by molar-refractivity contribution is 0.0934. The first kappa shape index (κ1) is 16.9. The van der Waals surface area contributed by atoms with Crippen LogP contribution in [0.1, 0.15) is 20.7 Å². The monoisotopic (exact) mass is 351 g/mol. The van der Waals surface area contributed by atoms with Crippen molar-refractivity contribution in [1.29, 1.82) is 0 Å². The highest BCUT2D eigenvalue weighted by Gasteiger charge is 2.13. The Morgan fingerprint density at radius 1 is 0.913 bits per heavy atom. The highest BCUT2D eigenvalue weighted by atomic mass is 35.5. The minimum Gasteiger partial charge on any atom is -0.298 e. The van der Waals surface area contributed by atoms with Gasteiger partial charge in [0.2, 0.25) is 0 Å². The minimum absolute atomic E-state index is 0.158. The summed E-state index contributed by atoms with van der Waals surface area (Å²) in [5.74, 6) is -1.93. The third-order valence-corrected chi connectivity index (χ3v) is 3.29. The van der Waals surface area contributed by atoms with E-state index in [0.29, 0.717) is 0 Å². The Morgan fingerprint density at radius 3 is 2.17 bits per heavy atom. The van der Waals surface area contributed by atoms with E-state index in [-0.39, 0.29) is 21.3 Å². The molecule has 5 nitrogen and oxygen atoms in total. The lowest BCUT2D eigenvalue weighted by Gasteiger charge is -2.11. The van der Waals surface area contributed by atoms with Crippen LogP contribution in [0.4, 0.5) is 4.39 Å². The standard InChI is InChI=1S/C15H11ClFN3O2S/c16-11-7-3-1-5-9(11)14(22)19-20-15(23)18-13(21)10-6-2-4-8-12(10)17/h1-8H,(H,19,22)(H2,18,20,21,23). The summed E-state index contributed by atoms with van der Waals surface area (Å²) in [7, 11) is 0. The first-order valence-electron chi connectivity index (χ1n) is 6.40. The SMILES string of the molecule is O=C(NC(=S)NNC(=O)c1ccccc1Cl)c1ccccc1F. The Balaban J connectivity index is 1.91. The summed E-state index contributed by atoms with van der Waals surface area (Å²) >= 11 is 10.7. The normalized spacial score (nSPS) is 9.83. The molecule has 0 heterocycles. The van der Waals surface area contributed by atoms with Gasteiger partial charge in [0.25, 0.3) is 11.8 Å². The van der Waals surface area contributed by atoms with E-state index >= 15 is 0 Å². The van der Waals surface area contributed by atoms with Crippen LogP contribution in [0.2, 0.25) is 5.02 Å². The molecule has 0 saturated heterocycles. The molecule has 0 atom stereocenters. The van der Waals surface area contributed by atoms with Gasteiger partial charge in [0.05, 0.1) is 16.1 Å². The summed E-state index contributed by atoms with van der Waals surface area (Å²) in [6.45, 7) is 0. The molecule has 0 aliphatic rings. The van der Waals surface area contributed by atoms with E-state index in [1.54, 1.807) is 18.2 Å². The van der Waals surface area contributed by atoms with E-state index in [9.17, 15) is 14.0 Å². The largest absolute Gasteiger partial charge is 0.298 e. The lowest BCUT2D eigenvalue weighted by Crippen LogP contribution is -2.48. The van der Waals surface area contributed by atoms with Crippen molar-refractivity contribution in [3.8, 4) is 0 Å². The van der Waals surface area contributed by atoms with E-state index in [4.69, 9.17) is 23.8 Å². The molecule has 23 heavy (non-hydrogen) atoms. The molecule has 0 aliphatic heterocycles. The Labute approximate surface area is 141 Å². The van der Waals surface area contributed by atoms with Crippen LogP contribution in [0.3, 0.4) is 0 Å². The Morgan fingerprint density at radius 2 is 1.52 bits per heavy atom. The van der Waals surface area contributed by atoms with Gasteiger partial charge < -0.3 is 0 Å². The molecule has 0 fully saturated rings. The fourth-order valence-corrected chi connectivity index (χ4v) is 2.04. The quantitative estimate of drug-likeness (QED) is 0.574. The van der Waals surface area contributed by atoms with E-state index < -0.39 is 17.6 Å². The number of thiocarbonyl (C=S) groups is 1. The van der Waals surface area contributed by atoms with Gasteiger partial charge in [0.15, 0.2) is 5.11 Å². The van der Waals surface area contributed by atoms with Gasteiger partial charge in [-0.05, 0) is 36.5 Å². The summed E-state index contributed by atoms with van der Waals surface area (Å²) in [6, 6.07) is 11.9. The minimum atomic E-state index is -0.729. The van der Waals surface area contributed by atoms with Crippen LogP contribution in [0.25, 0.3) is 0 Å². The molecule has 2 amide bonds. The maximum absolute atomic E-state index is 13.5. The summed E-state index contributed by atoms with van der Waals surface area (Å²) in [5, 5.41) is 2.34. The molecule has 3 N–H and O–H groups in total. The molecule has 0 aromatic heterocycles. The smallest absolute Gasteiger partial charge is 0.271 e. The number of hydrogen-bond acceptors (Lipinski definition) is 3. The van der Waals surface area contributed by atoms with E-state index in [1.807, 2.05) is 0 Å². The van der Waals surface area contributed by atoms with Crippen LogP contribution < -0.4 is 16.2 Å². The Kier molecular flexibility index (Phi) is 5.61. The molecule has 118 valence electrons. The summed E-state index contributed by atoms with van der Waals surface area (Å²) in [4.78, 5) is 23.7. The highest BCUT2D eigenvalue weighted by molar-refractivity contribution is 7.80. The molecule has 0 bridgehead atoms. The molecule has 0 aliphatic carbocycles. The van der Waals surface area contributed by atoms with Crippen LogP contribution in [-0.4, -0.2) is 16.9 Å². The van der Waals surface area contributed by atoms with Crippen LogP contribution >= 0.6 is 23.8 Å². The van der Waals surface area contributed by atoms with Crippen molar-refractivity contribution in [2.75, 3.05) is 0 Å². The number of carbonyl (C=O) groups excluding carboxylic acids is 2. The van der Waals surface area contributed by atoms with Crippen LogP contribution in [0.5, 0.6) is 0 Å². The van der Waals surface area contributed by atoms with Crippen molar-refractivity contribution in [2.24, 2.45) is 0 Å². The summed E-state index contributed by atoms with van der Waals surface area (Å²) < 4.78 is 13.5. The van der Waals surface area contributed by atoms with E-state index in [2.05, 4.69) is 16.2 Å². The molecule has 2 rings (SSSR count). The van der Waals surface area contributed by atoms with Gasteiger partial charge in [-0.25, -0.2) is 4.39 Å². The zero-order valence-electron chi connectivity index (χ0n) is 11.6. The number of halogens is 2. The van der Waals surface area contributed by atoms with Gasteiger partial charge >= 0.3 is 0 Å². The number of hydrazine groups is 1. The Bertz CT molecular complexity index is 770. The molecule has 0 unspecified atom stereocenters. The fraction of sp³-hybridized carbons (Fsp3) is 0. The van der Waals surface area contributed by atoms with Gasteiger partial charge in [-0.1, -0.05) is 35.9 Å². The molecule has 0 saturated carbocycles. The maximum Gasteiger partial charge on any atom is 0.271 e. The van der Waals surface area contributed by atoms with Crippen molar-refractivity contribution in [3.05, 3.63) is 70.5 Å². The number of nitrogens with one attached hydrogen (secondary N) is 3. The Hall–Kier alpha value is -2.51. The molecular formula is C15H11ClFN3O2S. The topological polar surface area (TPSA) is 70.2 Å². The molecule has 2 aromatic carbocycles. The second-order valence-corrected chi connectivity index (χ2v) is 5.14. The van der Waals surface area contributed by atoms with Gasteiger partial charge in [0, 0.05) is 0 Å². The van der Waals surface area contributed by atoms with Gasteiger partial charge in [0.1, 0.15) is 5.82 Å². The number of benzene rings is 2. The molecular weight excluding hydrogens is 341 g/mol. The van der Waals surface area contributed by atoms with E-state index in [0.717, 1.165) is 6.07 Å². The van der Waals surface area contributed by atoms with Crippen molar-refractivity contribution in [3.63, 3.8) is 0 Å². The van der Waals surface area contributed by atoms with Crippen molar-refractivity contribution >= 4 is 40.7 Å². The van der Waals surface area contributed by atoms with Gasteiger partial charge in [-0.3, -0.25) is 25.8 Å². The van der Waals surface area contributed by atoms with Gasteiger partial charge in [-0.2, -0.15) is 0 Å². The maximum atomic E-state index is 13.5. The number of carbonyl (C=O) groups is 2. The molecule has 8 heteroatoms. The van der Waals surface area contributed by atoms with Crippen LogP contribution in [-0.2, 0) is 0 Å². The zero-order valence-corrected chi connectivity index (χ0v) is 13.2. The molecule has 2 aromatic rings. The predicted octanol–water partition coefficient (Wildman–Crippen LogP) is 2.43. The number of amides is 2. The second kappa shape index (κ2) is 7.66. The van der Waals surface area contributed by atoms with Crippen LogP contribution in [0, 0.1) is 5.82 Å². The van der Waals surface area contributed by atoms with Crippen molar-refractivity contribution in [2.45, 2.75) is 0 Å².